The molecule has 314 valence electrons. The zero-order valence-electron chi connectivity index (χ0n) is 33.4. The number of hydrogen-bond acceptors (Lipinski definition) is 8. The van der Waals surface area contributed by atoms with E-state index in [1.165, 1.54) is 0 Å². The molecule has 4 rings (SSSR count). The molecular weight excluding hydrogens is 725 g/mol. The van der Waals surface area contributed by atoms with Crippen LogP contribution in [0.5, 0.6) is 5.75 Å². The van der Waals surface area contributed by atoms with Crippen molar-refractivity contribution >= 4 is 23.8 Å². The van der Waals surface area contributed by atoms with Crippen molar-refractivity contribution in [3.05, 3.63) is 75.3 Å². The summed E-state index contributed by atoms with van der Waals surface area (Å²) in [6, 6.07) is 3.91. The van der Waals surface area contributed by atoms with Crippen LogP contribution >= 0.6 is 0 Å². The molecule has 0 bridgehead atoms. The molecule has 1 saturated carbocycles. The van der Waals surface area contributed by atoms with E-state index in [-0.39, 0.29) is 64.9 Å². The second-order valence-electron chi connectivity index (χ2n) is 15.8. The lowest BCUT2D eigenvalue weighted by Crippen LogP contribution is -2.40. The molecule has 16 heteroatoms. The maximum Gasteiger partial charge on any atom is 0.185 e. The lowest BCUT2D eigenvalue weighted by molar-refractivity contribution is -0.0239. The third-order valence-corrected chi connectivity index (χ3v) is 11.5. The number of aryl methyl sites for hydroxylation is 1. The van der Waals surface area contributed by atoms with Crippen molar-refractivity contribution in [3.63, 3.8) is 0 Å². The van der Waals surface area contributed by atoms with Gasteiger partial charge >= 0.3 is 0 Å². The number of nitrogens with two attached hydrogens (primary N) is 8. The number of hydrogen-bond donors (Lipinski definition) is 12. The standard InChI is InChI=1S/C41H66N12O4/c1-2-27-14-24(6-10-51-39(44)45)15-30(35(27)55)21-31-18-26(8-12-53-41(48)49)19-33(37(31)57)22-32-17-25(7-11-52-40(46)47)16-29(36(32)56)20-28-13-23(3-4-34(28)54)5-9-50-38(42)43/h3-4,14-15,18,25,28-29,32-33,36,54-57H,2,5-13,16-17,19-22H2,1H3,(H4,42,43,50)(H4,44,45,51)(H4,46,47,52)(H4,48,49,53)/t25-,28-,29-,32+,33-,36+/m0/s1. The fourth-order valence-electron chi connectivity index (χ4n) is 8.77. The average Bonchev–Trinajstić information content (AvgIpc) is 3.13. The summed E-state index contributed by atoms with van der Waals surface area (Å²) < 4.78 is 0. The quantitative estimate of drug-likeness (QED) is 0.0709. The fraction of sp³-hybridized carbons (Fsp3) is 0.561. The van der Waals surface area contributed by atoms with Crippen LogP contribution in [0.2, 0.25) is 0 Å². The van der Waals surface area contributed by atoms with Crippen molar-refractivity contribution in [2.24, 2.45) is 95.4 Å². The summed E-state index contributed by atoms with van der Waals surface area (Å²) in [6.45, 7) is 3.72. The minimum Gasteiger partial charge on any atom is -0.512 e. The zero-order valence-corrected chi connectivity index (χ0v) is 33.4. The molecule has 1 fully saturated rings. The number of allylic oxidation sites excluding steroid dienone is 6. The molecule has 0 spiro atoms. The number of aliphatic hydroxyl groups is 3. The predicted octanol–water partition coefficient (Wildman–Crippen LogP) is 2.23. The van der Waals surface area contributed by atoms with Crippen LogP contribution in [0.1, 0.15) is 81.4 Å². The Labute approximate surface area is 336 Å². The van der Waals surface area contributed by atoms with Gasteiger partial charge in [-0.1, -0.05) is 42.4 Å². The lowest BCUT2D eigenvalue weighted by atomic mass is 9.65. The molecule has 16 nitrogen and oxygen atoms in total. The van der Waals surface area contributed by atoms with Crippen molar-refractivity contribution < 1.29 is 20.4 Å². The van der Waals surface area contributed by atoms with Crippen LogP contribution < -0.4 is 45.9 Å². The molecule has 3 aliphatic rings. The number of phenols is 1. The Kier molecular flexibility index (Phi) is 16.5. The molecule has 20 N–H and O–H groups in total. The summed E-state index contributed by atoms with van der Waals surface area (Å²) in [5.74, 6) is 0.373. The fourth-order valence-corrected chi connectivity index (χ4v) is 8.77. The van der Waals surface area contributed by atoms with Crippen LogP contribution in [0, 0.1) is 29.6 Å². The van der Waals surface area contributed by atoms with Gasteiger partial charge in [-0.15, -0.1) is 0 Å². The SMILES string of the molecule is CCc1cc(CCN=C(N)N)cc(CC2=C(O)[C@H](C[C@H]3C[C@@H](CCN=C(N)N)C[C@@H](C[C@@H]4CC(CCN=C(N)N)=CC=C4O)[C@H]3O)CC(CCN=C(N)N)=C2)c1O. The number of nitrogens with zero attached hydrogens (tertiary/aromatic N) is 4. The van der Waals surface area contributed by atoms with Crippen LogP contribution in [0.3, 0.4) is 0 Å². The summed E-state index contributed by atoms with van der Waals surface area (Å²) in [5.41, 5.74) is 50.2. The minimum atomic E-state index is -0.668. The maximum atomic E-state index is 12.1. The third-order valence-electron chi connectivity index (χ3n) is 11.5. The first kappa shape index (κ1) is 44.3. The van der Waals surface area contributed by atoms with Crippen LogP contribution in [0.4, 0.5) is 0 Å². The Bertz CT molecular complexity index is 1780. The zero-order chi connectivity index (χ0) is 41.6. The smallest absolute Gasteiger partial charge is 0.185 e. The van der Waals surface area contributed by atoms with Gasteiger partial charge in [0.1, 0.15) is 5.75 Å². The van der Waals surface area contributed by atoms with Gasteiger partial charge in [0.15, 0.2) is 23.8 Å². The topological polar surface area (TPSA) is 339 Å². The van der Waals surface area contributed by atoms with Crippen molar-refractivity contribution in [3.8, 4) is 5.75 Å². The van der Waals surface area contributed by atoms with Gasteiger partial charge in [-0.3, -0.25) is 20.0 Å². The Balaban J connectivity index is 1.62. The normalized spacial score (nSPS) is 23.4. The van der Waals surface area contributed by atoms with Gasteiger partial charge in [-0.05, 0) is 117 Å². The number of benzene rings is 1. The average molecular weight is 791 g/mol. The molecule has 0 amide bonds. The van der Waals surface area contributed by atoms with Crippen LogP contribution in [0.15, 0.2) is 78.6 Å². The van der Waals surface area contributed by atoms with E-state index in [0.29, 0.717) is 101 Å². The molecule has 0 heterocycles. The molecule has 1 aromatic rings. The molecule has 0 saturated heterocycles. The highest BCUT2D eigenvalue weighted by molar-refractivity contribution is 5.76. The van der Waals surface area contributed by atoms with Crippen molar-refractivity contribution in [2.45, 2.75) is 90.1 Å². The van der Waals surface area contributed by atoms with Crippen LogP contribution in [-0.4, -0.2) is 76.5 Å². The summed E-state index contributed by atoms with van der Waals surface area (Å²) in [7, 11) is 0. The Morgan fingerprint density at radius 3 is 1.79 bits per heavy atom. The molecule has 3 aliphatic carbocycles. The third kappa shape index (κ3) is 13.7. The van der Waals surface area contributed by atoms with E-state index in [0.717, 1.165) is 41.5 Å². The van der Waals surface area contributed by atoms with Crippen LogP contribution in [0.25, 0.3) is 0 Å². The van der Waals surface area contributed by atoms with Gasteiger partial charge < -0.3 is 66.3 Å². The van der Waals surface area contributed by atoms with Gasteiger partial charge in [0.2, 0.25) is 0 Å². The van der Waals surface area contributed by atoms with Gasteiger partial charge in [0.05, 0.1) is 17.6 Å². The monoisotopic (exact) mass is 791 g/mol. The Morgan fingerprint density at radius 1 is 0.667 bits per heavy atom. The molecule has 1 aromatic carbocycles. The largest absolute Gasteiger partial charge is 0.512 e. The summed E-state index contributed by atoms with van der Waals surface area (Å²) >= 11 is 0. The first-order chi connectivity index (χ1) is 27.1. The van der Waals surface area contributed by atoms with Gasteiger partial charge in [-0.2, -0.15) is 0 Å². The van der Waals surface area contributed by atoms with Gasteiger partial charge in [0, 0.05) is 44.4 Å². The molecular formula is C41H66N12O4. The number of rotatable bonds is 19. The van der Waals surface area contributed by atoms with E-state index < -0.39 is 6.10 Å². The number of phenolic OH excluding ortho intramolecular Hbond substituents is 1. The minimum absolute atomic E-state index is 0.00879. The first-order valence-corrected chi connectivity index (χ1v) is 20.1. The lowest BCUT2D eigenvalue weighted by Gasteiger charge is -2.42. The van der Waals surface area contributed by atoms with Gasteiger partial charge in [-0.25, -0.2) is 0 Å². The van der Waals surface area contributed by atoms with E-state index in [2.05, 4.69) is 20.0 Å². The molecule has 6 atom stereocenters. The van der Waals surface area contributed by atoms with E-state index in [1.807, 2.05) is 31.2 Å². The molecule has 0 aromatic heterocycles. The summed E-state index contributed by atoms with van der Waals surface area (Å²) in [4.78, 5) is 16.7. The number of aliphatic hydroxyl groups excluding tert-OH is 3. The van der Waals surface area contributed by atoms with E-state index >= 15 is 0 Å². The second-order valence-corrected chi connectivity index (χ2v) is 15.8. The highest BCUT2D eigenvalue weighted by atomic mass is 16.3. The highest BCUT2D eigenvalue weighted by Gasteiger charge is 2.40. The Morgan fingerprint density at radius 2 is 1.19 bits per heavy atom. The molecule has 0 unspecified atom stereocenters. The van der Waals surface area contributed by atoms with Crippen molar-refractivity contribution in [1.82, 2.24) is 0 Å². The highest BCUT2D eigenvalue weighted by Crippen LogP contribution is 2.46. The summed E-state index contributed by atoms with van der Waals surface area (Å²) in [6.07, 6.45) is 12.3. The number of guanidine groups is 4. The maximum absolute atomic E-state index is 12.1. The molecule has 0 aliphatic heterocycles. The Hall–Kier alpha value is -5.38. The molecule has 57 heavy (non-hydrogen) atoms. The van der Waals surface area contributed by atoms with E-state index in [4.69, 9.17) is 45.9 Å². The number of aliphatic imine (C=N–C) groups is 4. The van der Waals surface area contributed by atoms with E-state index in [1.54, 1.807) is 6.08 Å². The second kappa shape index (κ2) is 21.2. The molecule has 0 radical (unpaired) electrons. The number of aromatic hydroxyl groups is 1. The van der Waals surface area contributed by atoms with E-state index in [9.17, 15) is 20.4 Å². The first-order valence-electron chi connectivity index (χ1n) is 20.1. The summed E-state index contributed by atoms with van der Waals surface area (Å²) in [5, 5.41) is 46.5. The van der Waals surface area contributed by atoms with Crippen LogP contribution in [-0.2, 0) is 19.3 Å². The van der Waals surface area contributed by atoms with Crippen molar-refractivity contribution in [1.29, 1.82) is 0 Å². The van der Waals surface area contributed by atoms with Crippen molar-refractivity contribution in [2.75, 3.05) is 26.2 Å². The van der Waals surface area contributed by atoms with Gasteiger partial charge in [0.25, 0.3) is 0 Å². The predicted molar refractivity (Wildman–Crippen MR) is 229 cm³/mol.